The number of nitrogens with zero attached hydrogens (tertiary/aromatic N) is 1. The number of halogens is 1. The fourth-order valence-electron chi connectivity index (χ4n) is 2.32. The second-order valence-corrected chi connectivity index (χ2v) is 8.43. The second kappa shape index (κ2) is 11.5. The molecule has 1 N–H and O–H groups in total. The molecule has 0 heterocycles. The average molecular weight is 421 g/mol. The lowest BCUT2D eigenvalue weighted by Gasteiger charge is -2.20. The largest absolute Gasteiger partial charge is 0.482 e. The first-order valence-electron chi connectivity index (χ1n) is 9.03. The van der Waals surface area contributed by atoms with Crippen molar-refractivity contribution in [3.05, 3.63) is 23.2 Å². The predicted octanol–water partition coefficient (Wildman–Crippen LogP) is 2.68. The van der Waals surface area contributed by atoms with Crippen LogP contribution in [0.3, 0.4) is 0 Å². The molecule has 0 radical (unpaired) electrons. The van der Waals surface area contributed by atoms with Crippen molar-refractivity contribution in [2.24, 2.45) is 0 Å². The number of hydrogen-bond donors (Lipinski definition) is 1. The lowest BCUT2D eigenvalue weighted by molar-refractivity contribution is -0.123. The number of sulfonamides is 1. The summed E-state index contributed by atoms with van der Waals surface area (Å²) in [4.78, 5) is 11.9. The molecule has 9 heteroatoms. The van der Waals surface area contributed by atoms with Crippen LogP contribution in [0.15, 0.2) is 23.1 Å². The Balaban J connectivity index is 2.72. The zero-order valence-electron chi connectivity index (χ0n) is 16.3. The minimum Gasteiger partial charge on any atom is -0.482 e. The van der Waals surface area contributed by atoms with Crippen LogP contribution < -0.4 is 10.1 Å². The van der Waals surface area contributed by atoms with Crippen molar-refractivity contribution in [3.63, 3.8) is 0 Å². The van der Waals surface area contributed by atoms with Crippen LogP contribution in [0.5, 0.6) is 5.75 Å². The van der Waals surface area contributed by atoms with Crippen molar-refractivity contribution < 1.29 is 22.7 Å². The first-order valence-corrected chi connectivity index (χ1v) is 10.8. The molecule has 0 aliphatic heterocycles. The Hall–Kier alpha value is -1.35. The molecular formula is C18H29ClN2O5S. The van der Waals surface area contributed by atoms with Crippen LogP contribution in [0.25, 0.3) is 0 Å². The molecule has 1 amide bonds. The summed E-state index contributed by atoms with van der Waals surface area (Å²) in [5.74, 6) is -0.231. The third-order valence-electron chi connectivity index (χ3n) is 3.68. The highest BCUT2D eigenvalue weighted by atomic mass is 35.5. The molecule has 0 aromatic heterocycles. The van der Waals surface area contributed by atoms with Crippen molar-refractivity contribution in [2.75, 3.05) is 32.8 Å². The van der Waals surface area contributed by atoms with Crippen molar-refractivity contribution in [1.29, 1.82) is 0 Å². The van der Waals surface area contributed by atoms with Gasteiger partial charge < -0.3 is 14.8 Å². The summed E-state index contributed by atoms with van der Waals surface area (Å²) in [6.45, 7) is 8.78. The van der Waals surface area contributed by atoms with E-state index in [-0.39, 0.29) is 34.3 Å². The van der Waals surface area contributed by atoms with Gasteiger partial charge in [-0.2, -0.15) is 4.31 Å². The third kappa shape index (κ3) is 7.65. The highest BCUT2D eigenvalue weighted by Crippen LogP contribution is 2.29. The molecule has 0 aliphatic rings. The van der Waals surface area contributed by atoms with Gasteiger partial charge in [-0.1, -0.05) is 25.4 Å². The minimum absolute atomic E-state index is 0.0446. The van der Waals surface area contributed by atoms with E-state index in [1.165, 1.54) is 22.5 Å². The zero-order valence-corrected chi connectivity index (χ0v) is 17.9. The van der Waals surface area contributed by atoms with Gasteiger partial charge >= 0.3 is 0 Å². The van der Waals surface area contributed by atoms with Crippen molar-refractivity contribution in [2.45, 2.75) is 45.1 Å². The number of ether oxygens (including phenoxy) is 2. The maximum absolute atomic E-state index is 12.8. The molecule has 154 valence electrons. The van der Waals surface area contributed by atoms with Crippen LogP contribution in [0.2, 0.25) is 5.02 Å². The van der Waals surface area contributed by atoms with Gasteiger partial charge in [-0.05, 0) is 38.5 Å². The van der Waals surface area contributed by atoms with E-state index in [0.717, 1.165) is 0 Å². The SMILES string of the molecule is CCN(CC)S(=O)(=O)c1cc(Cl)ccc1OCC(=O)NCCCOC(C)C. The summed E-state index contributed by atoms with van der Waals surface area (Å²) < 4.78 is 37.7. The first-order chi connectivity index (χ1) is 12.7. The summed E-state index contributed by atoms with van der Waals surface area (Å²) >= 11 is 5.97. The molecular weight excluding hydrogens is 392 g/mol. The second-order valence-electron chi connectivity index (χ2n) is 6.09. The topological polar surface area (TPSA) is 84.9 Å². The molecule has 1 aromatic carbocycles. The maximum atomic E-state index is 12.8. The molecule has 27 heavy (non-hydrogen) atoms. The molecule has 0 saturated carbocycles. The smallest absolute Gasteiger partial charge is 0.257 e. The Morgan fingerprint density at radius 2 is 1.93 bits per heavy atom. The van der Waals surface area contributed by atoms with Gasteiger partial charge in [0.2, 0.25) is 10.0 Å². The number of nitrogens with one attached hydrogen (secondary N) is 1. The number of carbonyl (C=O) groups is 1. The fourth-order valence-corrected chi connectivity index (χ4v) is 4.17. The van der Waals surface area contributed by atoms with Crippen molar-refractivity contribution >= 4 is 27.5 Å². The normalized spacial score (nSPS) is 11.8. The van der Waals surface area contributed by atoms with Gasteiger partial charge in [-0.3, -0.25) is 4.79 Å². The van der Waals surface area contributed by atoms with E-state index in [9.17, 15) is 13.2 Å². The number of rotatable bonds is 12. The van der Waals surface area contributed by atoms with Gasteiger partial charge in [0.05, 0.1) is 6.10 Å². The van der Waals surface area contributed by atoms with Gasteiger partial charge in [0.25, 0.3) is 5.91 Å². The standard InChI is InChI=1S/C18H29ClN2O5S/c1-5-21(6-2)27(23,24)17-12-15(19)8-9-16(17)26-13-18(22)20-10-7-11-25-14(3)4/h8-9,12,14H,5-7,10-11,13H2,1-4H3,(H,20,22). The quantitative estimate of drug-likeness (QED) is 0.525. The highest BCUT2D eigenvalue weighted by molar-refractivity contribution is 7.89. The summed E-state index contributed by atoms with van der Waals surface area (Å²) in [5, 5.41) is 2.99. The molecule has 0 fully saturated rings. The van der Waals surface area contributed by atoms with Crippen molar-refractivity contribution in [1.82, 2.24) is 9.62 Å². The van der Waals surface area contributed by atoms with Crippen molar-refractivity contribution in [3.8, 4) is 5.75 Å². The van der Waals surface area contributed by atoms with Crippen LogP contribution in [0.4, 0.5) is 0 Å². The summed E-state index contributed by atoms with van der Waals surface area (Å²) in [6, 6.07) is 4.33. The zero-order chi connectivity index (χ0) is 20.4. The van der Waals surface area contributed by atoms with Crippen LogP contribution in [0, 0.1) is 0 Å². The van der Waals surface area contributed by atoms with Gasteiger partial charge in [0, 0.05) is 31.3 Å². The van der Waals surface area contributed by atoms with E-state index >= 15 is 0 Å². The van der Waals surface area contributed by atoms with Crippen LogP contribution in [-0.2, 0) is 19.6 Å². The lowest BCUT2D eigenvalue weighted by Crippen LogP contribution is -2.32. The number of carbonyl (C=O) groups excluding carboxylic acids is 1. The Bertz CT molecular complexity index is 706. The Kier molecular flexibility index (Phi) is 10.1. The first kappa shape index (κ1) is 23.7. The molecule has 0 aliphatic carbocycles. The average Bonchev–Trinajstić information content (AvgIpc) is 2.60. The van der Waals surface area contributed by atoms with E-state index in [1.807, 2.05) is 13.8 Å². The highest BCUT2D eigenvalue weighted by Gasteiger charge is 2.26. The van der Waals surface area contributed by atoms with E-state index in [2.05, 4.69) is 5.32 Å². The molecule has 0 atom stereocenters. The summed E-state index contributed by atoms with van der Waals surface area (Å²) in [7, 11) is -3.76. The van der Waals surface area contributed by atoms with E-state index in [0.29, 0.717) is 32.7 Å². The van der Waals surface area contributed by atoms with Crippen LogP contribution >= 0.6 is 11.6 Å². The molecule has 1 aromatic rings. The molecule has 0 bridgehead atoms. The van der Waals surface area contributed by atoms with Crippen LogP contribution in [0.1, 0.15) is 34.1 Å². The number of hydrogen-bond acceptors (Lipinski definition) is 5. The van der Waals surface area contributed by atoms with Gasteiger partial charge in [0.1, 0.15) is 10.6 Å². The van der Waals surface area contributed by atoms with Gasteiger partial charge in [-0.25, -0.2) is 8.42 Å². The molecule has 7 nitrogen and oxygen atoms in total. The summed E-state index contributed by atoms with van der Waals surface area (Å²) in [6.07, 6.45) is 0.840. The van der Waals surface area contributed by atoms with E-state index in [4.69, 9.17) is 21.1 Å². The Morgan fingerprint density at radius 1 is 1.26 bits per heavy atom. The van der Waals surface area contributed by atoms with Gasteiger partial charge in [0.15, 0.2) is 6.61 Å². The minimum atomic E-state index is -3.76. The molecule has 0 spiro atoms. The Labute approximate surface area is 167 Å². The number of amides is 1. The number of benzene rings is 1. The molecule has 0 saturated heterocycles. The molecule has 1 rings (SSSR count). The third-order valence-corrected chi connectivity index (χ3v) is 5.99. The lowest BCUT2D eigenvalue weighted by atomic mass is 10.3. The Morgan fingerprint density at radius 3 is 2.52 bits per heavy atom. The van der Waals surface area contributed by atoms with Gasteiger partial charge in [-0.15, -0.1) is 0 Å². The van der Waals surface area contributed by atoms with Crippen LogP contribution in [-0.4, -0.2) is 57.6 Å². The molecule has 0 unspecified atom stereocenters. The predicted molar refractivity (Wildman–Crippen MR) is 106 cm³/mol. The monoisotopic (exact) mass is 420 g/mol. The maximum Gasteiger partial charge on any atom is 0.257 e. The van der Waals surface area contributed by atoms with E-state index < -0.39 is 10.0 Å². The van der Waals surface area contributed by atoms with E-state index in [1.54, 1.807) is 13.8 Å². The fraction of sp³-hybridized carbons (Fsp3) is 0.611. The summed E-state index contributed by atoms with van der Waals surface area (Å²) in [5.41, 5.74) is 0.